The molecule has 0 aliphatic carbocycles. The van der Waals surface area contributed by atoms with Crippen LogP contribution in [0, 0.1) is 36.5 Å². The van der Waals surface area contributed by atoms with Crippen LogP contribution in [-0.2, 0) is 14.8 Å². The molecule has 0 fully saturated rings. The third kappa shape index (κ3) is 6.71. The zero-order chi connectivity index (χ0) is 24.4. The number of amides is 1. The molecule has 2 aromatic rings. The summed E-state index contributed by atoms with van der Waals surface area (Å²) in [7, 11) is -2.44. The molecule has 174 valence electrons. The highest BCUT2D eigenvalue weighted by Crippen LogP contribution is 2.28. The van der Waals surface area contributed by atoms with E-state index in [0.29, 0.717) is 17.0 Å². The van der Waals surface area contributed by atoms with E-state index < -0.39 is 10.0 Å². The molecular formula is C24H28N4O4S. The summed E-state index contributed by atoms with van der Waals surface area (Å²) >= 11 is 0. The van der Waals surface area contributed by atoms with Gasteiger partial charge in [0.15, 0.2) is 0 Å². The molecule has 2 rings (SSSR count). The van der Waals surface area contributed by atoms with Crippen LogP contribution in [0.3, 0.4) is 0 Å². The highest BCUT2D eigenvalue weighted by molar-refractivity contribution is 7.92. The SMILES string of the molecule is COc1ccc(N(CCC(=O)N(CCC#N)CCC#N)S(=O)(=O)c2ccc(C)cc2C)cc1. The van der Waals surface area contributed by atoms with Gasteiger partial charge in [0, 0.05) is 26.1 Å². The molecule has 0 saturated carbocycles. The van der Waals surface area contributed by atoms with Crippen molar-refractivity contribution in [2.24, 2.45) is 0 Å². The number of carbonyl (C=O) groups is 1. The second kappa shape index (κ2) is 11.9. The van der Waals surface area contributed by atoms with Crippen LogP contribution in [0.25, 0.3) is 0 Å². The van der Waals surface area contributed by atoms with Crippen molar-refractivity contribution in [3.8, 4) is 17.9 Å². The van der Waals surface area contributed by atoms with Crippen LogP contribution >= 0.6 is 0 Å². The van der Waals surface area contributed by atoms with Crippen molar-refractivity contribution in [2.45, 2.75) is 38.0 Å². The molecule has 0 bridgehead atoms. The highest BCUT2D eigenvalue weighted by Gasteiger charge is 2.28. The summed E-state index contributed by atoms with van der Waals surface area (Å²) in [5, 5.41) is 17.7. The van der Waals surface area contributed by atoms with E-state index in [2.05, 4.69) is 0 Å². The molecule has 0 aliphatic heterocycles. The Morgan fingerprint density at radius 3 is 2.09 bits per heavy atom. The van der Waals surface area contributed by atoms with Crippen molar-refractivity contribution in [1.82, 2.24) is 4.90 Å². The minimum Gasteiger partial charge on any atom is -0.497 e. The van der Waals surface area contributed by atoms with E-state index in [-0.39, 0.29) is 49.7 Å². The molecule has 0 unspecified atom stereocenters. The number of ether oxygens (including phenoxy) is 1. The summed E-state index contributed by atoms with van der Waals surface area (Å²) in [6, 6.07) is 15.7. The molecule has 8 nitrogen and oxygen atoms in total. The van der Waals surface area contributed by atoms with Crippen molar-refractivity contribution in [3.05, 3.63) is 53.6 Å². The second-order valence-corrected chi connectivity index (χ2v) is 9.32. The standard InChI is InChI=1S/C24H28N4O4S/c1-19-6-11-23(20(2)18-19)33(30,31)28(21-7-9-22(32-3)10-8-21)17-12-24(29)27(15-4-13-25)16-5-14-26/h6-11,18H,4-5,12,15-17H2,1-3H3. The fraction of sp³-hybridized carbons (Fsp3) is 0.375. The summed E-state index contributed by atoms with van der Waals surface area (Å²) < 4.78 is 33.7. The topological polar surface area (TPSA) is 114 Å². The quantitative estimate of drug-likeness (QED) is 0.498. The molecule has 0 aliphatic rings. The fourth-order valence-corrected chi connectivity index (χ4v) is 5.10. The highest BCUT2D eigenvalue weighted by atomic mass is 32.2. The van der Waals surface area contributed by atoms with Crippen LogP contribution in [0.4, 0.5) is 5.69 Å². The molecule has 0 spiro atoms. The number of anilines is 1. The van der Waals surface area contributed by atoms with Crippen LogP contribution in [0.1, 0.15) is 30.4 Å². The average Bonchev–Trinajstić information content (AvgIpc) is 2.79. The lowest BCUT2D eigenvalue weighted by molar-refractivity contribution is -0.130. The van der Waals surface area contributed by atoms with E-state index in [1.807, 2.05) is 19.1 Å². The van der Waals surface area contributed by atoms with Gasteiger partial charge in [0.2, 0.25) is 5.91 Å². The molecule has 0 aromatic heterocycles. The van der Waals surface area contributed by atoms with Gasteiger partial charge in [-0.1, -0.05) is 17.7 Å². The molecule has 0 atom stereocenters. The molecule has 0 radical (unpaired) electrons. The molecular weight excluding hydrogens is 440 g/mol. The van der Waals surface area contributed by atoms with Crippen molar-refractivity contribution < 1.29 is 17.9 Å². The number of hydrogen-bond acceptors (Lipinski definition) is 6. The third-order valence-electron chi connectivity index (χ3n) is 5.13. The van der Waals surface area contributed by atoms with Gasteiger partial charge in [-0.3, -0.25) is 9.10 Å². The number of carbonyl (C=O) groups excluding carboxylic acids is 1. The largest absolute Gasteiger partial charge is 0.497 e. The Labute approximate surface area is 195 Å². The number of hydrogen-bond donors (Lipinski definition) is 0. The number of sulfonamides is 1. The minimum atomic E-state index is -3.96. The zero-order valence-corrected chi connectivity index (χ0v) is 19.9. The first-order valence-electron chi connectivity index (χ1n) is 10.5. The number of rotatable bonds is 11. The van der Waals surface area contributed by atoms with Gasteiger partial charge in [0.25, 0.3) is 10.0 Å². The third-order valence-corrected chi connectivity index (χ3v) is 7.11. The first kappa shape index (κ1) is 25.7. The number of aryl methyl sites for hydroxylation is 2. The summed E-state index contributed by atoms with van der Waals surface area (Å²) in [5.74, 6) is 0.271. The summed E-state index contributed by atoms with van der Waals surface area (Å²) in [6.45, 7) is 3.94. The molecule has 9 heteroatoms. The number of benzene rings is 2. The lowest BCUT2D eigenvalue weighted by atomic mass is 10.2. The van der Waals surface area contributed by atoms with Gasteiger partial charge >= 0.3 is 0 Å². The molecule has 33 heavy (non-hydrogen) atoms. The van der Waals surface area contributed by atoms with Crippen molar-refractivity contribution in [3.63, 3.8) is 0 Å². The Hall–Kier alpha value is -3.56. The van der Waals surface area contributed by atoms with E-state index in [1.165, 1.54) is 16.3 Å². The number of nitriles is 2. The maximum Gasteiger partial charge on any atom is 0.264 e. The predicted molar refractivity (Wildman–Crippen MR) is 125 cm³/mol. The Morgan fingerprint density at radius 2 is 1.58 bits per heavy atom. The predicted octanol–water partition coefficient (Wildman–Crippen LogP) is 3.55. The summed E-state index contributed by atoms with van der Waals surface area (Å²) in [4.78, 5) is 14.4. The number of methoxy groups -OCH3 is 1. The molecule has 0 N–H and O–H groups in total. The maximum atomic E-state index is 13.6. The van der Waals surface area contributed by atoms with Crippen LogP contribution < -0.4 is 9.04 Å². The Bertz CT molecular complexity index is 1130. The zero-order valence-electron chi connectivity index (χ0n) is 19.1. The van der Waals surface area contributed by atoms with E-state index in [4.69, 9.17) is 15.3 Å². The van der Waals surface area contributed by atoms with Crippen molar-refractivity contribution in [2.75, 3.05) is 31.0 Å². The monoisotopic (exact) mass is 468 g/mol. The first-order chi connectivity index (χ1) is 15.7. The molecule has 2 aromatic carbocycles. The molecule has 0 saturated heterocycles. The average molecular weight is 469 g/mol. The maximum absolute atomic E-state index is 13.6. The number of nitrogens with zero attached hydrogens (tertiary/aromatic N) is 4. The first-order valence-corrected chi connectivity index (χ1v) is 11.9. The molecule has 1 amide bonds. The lowest BCUT2D eigenvalue weighted by Gasteiger charge is -2.27. The van der Waals surface area contributed by atoms with Crippen molar-refractivity contribution >= 4 is 21.6 Å². The van der Waals surface area contributed by atoms with Gasteiger partial charge in [-0.25, -0.2) is 8.42 Å². The van der Waals surface area contributed by atoms with Gasteiger partial charge < -0.3 is 9.64 Å². The Balaban J connectivity index is 2.37. The van der Waals surface area contributed by atoms with E-state index in [1.54, 1.807) is 49.4 Å². The summed E-state index contributed by atoms with van der Waals surface area (Å²) in [5.41, 5.74) is 1.97. The Kier molecular flexibility index (Phi) is 9.26. The minimum absolute atomic E-state index is 0.0869. The van der Waals surface area contributed by atoms with E-state index in [9.17, 15) is 13.2 Å². The Morgan fingerprint density at radius 1 is 0.970 bits per heavy atom. The van der Waals surface area contributed by atoms with Gasteiger partial charge in [-0.15, -0.1) is 0 Å². The van der Waals surface area contributed by atoms with Gasteiger partial charge in [-0.05, 0) is 49.7 Å². The normalized spacial score (nSPS) is 10.7. The smallest absolute Gasteiger partial charge is 0.264 e. The summed E-state index contributed by atoms with van der Waals surface area (Å²) in [6.07, 6.45) is 0.188. The van der Waals surface area contributed by atoms with Crippen molar-refractivity contribution in [1.29, 1.82) is 10.5 Å². The van der Waals surface area contributed by atoms with Crippen LogP contribution in [0.2, 0.25) is 0 Å². The van der Waals surface area contributed by atoms with Gasteiger partial charge in [0.05, 0.1) is 42.7 Å². The fourth-order valence-electron chi connectivity index (χ4n) is 3.43. The van der Waals surface area contributed by atoms with E-state index >= 15 is 0 Å². The van der Waals surface area contributed by atoms with Crippen LogP contribution in [0.15, 0.2) is 47.4 Å². The molecule has 0 heterocycles. The van der Waals surface area contributed by atoms with Gasteiger partial charge in [-0.2, -0.15) is 10.5 Å². The second-order valence-electron chi connectivity index (χ2n) is 7.49. The van der Waals surface area contributed by atoms with Crippen LogP contribution in [0.5, 0.6) is 5.75 Å². The van der Waals surface area contributed by atoms with E-state index in [0.717, 1.165) is 5.56 Å². The van der Waals surface area contributed by atoms with Gasteiger partial charge in [0.1, 0.15) is 5.75 Å². The van der Waals surface area contributed by atoms with Crippen LogP contribution in [-0.4, -0.2) is 46.0 Å². The lowest BCUT2D eigenvalue weighted by Crippen LogP contribution is -2.38.